The Labute approximate surface area is 123 Å². The van der Waals surface area contributed by atoms with E-state index in [1.807, 2.05) is 29.0 Å². The van der Waals surface area contributed by atoms with E-state index in [0.29, 0.717) is 5.02 Å². The molecule has 102 valence electrons. The van der Waals surface area contributed by atoms with Gasteiger partial charge in [-0.2, -0.15) is 0 Å². The summed E-state index contributed by atoms with van der Waals surface area (Å²) in [7, 11) is 0. The molecule has 1 aromatic carbocycles. The van der Waals surface area contributed by atoms with E-state index < -0.39 is 0 Å². The lowest BCUT2D eigenvalue weighted by Crippen LogP contribution is -2.20. The van der Waals surface area contributed by atoms with Gasteiger partial charge in [-0.25, -0.2) is 9.77 Å². The summed E-state index contributed by atoms with van der Waals surface area (Å²) < 4.78 is 3.09. The molecule has 8 heteroatoms. The molecular formula is C12H10ClN5OS. The first-order valence-electron chi connectivity index (χ1n) is 5.76. The number of hydrogen-bond donors (Lipinski definition) is 2. The van der Waals surface area contributed by atoms with Crippen molar-refractivity contribution in [2.24, 2.45) is 0 Å². The van der Waals surface area contributed by atoms with Crippen molar-refractivity contribution in [3.8, 4) is 0 Å². The highest BCUT2D eigenvalue weighted by atomic mass is 35.5. The van der Waals surface area contributed by atoms with Gasteiger partial charge in [0.2, 0.25) is 16.4 Å². The highest BCUT2D eigenvalue weighted by Gasteiger charge is 2.15. The van der Waals surface area contributed by atoms with Gasteiger partial charge in [0.15, 0.2) is 0 Å². The second kappa shape index (κ2) is 4.77. The number of Topliss-reactive ketones (excluding diaryl/α,β-unsaturated/α-hetero) is 1. The largest absolute Gasteiger partial charge is 0.340 e. The Morgan fingerprint density at radius 1 is 1.45 bits per heavy atom. The number of fused-ring (bicyclic) bond motifs is 1. The van der Waals surface area contributed by atoms with E-state index in [4.69, 9.17) is 29.7 Å². The topological polar surface area (TPSA) is 81.6 Å². The van der Waals surface area contributed by atoms with Gasteiger partial charge in [-0.3, -0.25) is 4.79 Å². The first-order valence-corrected chi connectivity index (χ1v) is 6.55. The van der Waals surface area contributed by atoms with Crippen molar-refractivity contribution < 1.29 is 4.79 Å². The SMILES string of the molecule is Nn1c(C(=O)Cn2ccc3cc(Cl)ccc32)n[nH]c1=S. The van der Waals surface area contributed by atoms with E-state index in [9.17, 15) is 4.79 Å². The molecule has 0 atom stereocenters. The molecule has 0 bridgehead atoms. The molecule has 3 rings (SSSR count). The zero-order valence-corrected chi connectivity index (χ0v) is 11.8. The van der Waals surface area contributed by atoms with Crippen LogP contribution in [0.3, 0.4) is 0 Å². The molecule has 0 saturated carbocycles. The molecule has 0 amide bonds. The van der Waals surface area contributed by atoms with Gasteiger partial charge in [0, 0.05) is 22.1 Å². The number of carbonyl (C=O) groups excluding carboxylic acids is 1. The molecule has 0 saturated heterocycles. The first kappa shape index (κ1) is 12.9. The zero-order valence-electron chi connectivity index (χ0n) is 10.2. The lowest BCUT2D eigenvalue weighted by Gasteiger charge is -2.04. The number of ketones is 1. The Bertz CT molecular complexity index is 862. The summed E-state index contributed by atoms with van der Waals surface area (Å²) >= 11 is 10.8. The molecule has 0 fully saturated rings. The Balaban J connectivity index is 1.95. The maximum atomic E-state index is 12.2. The lowest BCUT2D eigenvalue weighted by atomic mass is 10.2. The van der Waals surface area contributed by atoms with E-state index >= 15 is 0 Å². The Morgan fingerprint density at radius 2 is 2.25 bits per heavy atom. The van der Waals surface area contributed by atoms with E-state index in [0.717, 1.165) is 15.6 Å². The normalized spacial score (nSPS) is 11.1. The van der Waals surface area contributed by atoms with Crippen LogP contribution in [0.5, 0.6) is 0 Å². The van der Waals surface area contributed by atoms with E-state index in [2.05, 4.69) is 10.2 Å². The number of nitrogen functional groups attached to an aromatic ring is 1. The number of aromatic amines is 1. The second-order valence-electron chi connectivity index (χ2n) is 4.29. The molecule has 3 aromatic rings. The standard InChI is InChI=1S/C12H10ClN5OS/c13-8-1-2-9-7(5-8)3-4-17(9)6-10(19)11-15-16-12(20)18(11)14/h1-5H,6,14H2,(H,16,20). The van der Waals surface area contributed by atoms with Gasteiger partial charge in [-0.05, 0) is 36.5 Å². The van der Waals surface area contributed by atoms with Gasteiger partial charge in [-0.1, -0.05) is 11.6 Å². The minimum Gasteiger partial charge on any atom is -0.340 e. The zero-order chi connectivity index (χ0) is 14.3. The Kier molecular flexibility index (Phi) is 3.07. The predicted molar refractivity (Wildman–Crippen MR) is 78.8 cm³/mol. The van der Waals surface area contributed by atoms with Crippen LogP contribution in [0.15, 0.2) is 30.5 Å². The average molecular weight is 308 g/mol. The monoisotopic (exact) mass is 307 g/mol. The van der Waals surface area contributed by atoms with Crippen molar-refractivity contribution in [1.82, 2.24) is 19.4 Å². The van der Waals surface area contributed by atoms with Crippen LogP contribution in [0.1, 0.15) is 10.6 Å². The van der Waals surface area contributed by atoms with Crippen LogP contribution >= 0.6 is 23.8 Å². The Morgan fingerprint density at radius 3 is 2.95 bits per heavy atom. The number of nitrogens with zero attached hydrogens (tertiary/aromatic N) is 3. The van der Waals surface area contributed by atoms with Gasteiger partial charge < -0.3 is 10.4 Å². The number of aromatic nitrogens is 4. The second-order valence-corrected chi connectivity index (χ2v) is 5.12. The van der Waals surface area contributed by atoms with Crippen LogP contribution in [0, 0.1) is 4.77 Å². The molecule has 3 N–H and O–H groups in total. The van der Waals surface area contributed by atoms with Gasteiger partial charge in [-0.15, -0.1) is 5.10 Å². The fourth-order valence-corrected chi connectivity index (χ4v) is 2.35. The summed E-state index contributed by atoms with van der Waals surface area (Å²) in [6.45, 7) is 0.127. The van der Waals surface area contributed by atoms with Crippen molar-refractivity contribution in [3.05, 3.63) is 46.1 Å². The van der Waals surface area contributed by atoms with Crippen LogP contribution in [0.4, 0.5) is 0 Å². The smallest absolute Gasteiger partial charge is 0.221 e. The van der Waals surface area contributed by atoms with E-state index in [-0.39, 0.29) is 22.9 Å². The molecule has 6 nitrogen and oxygen atoms in total. The molecule has 0 unspecified atom stereocenters. The van der Waals surface area contributed by atoms with Crippen molar-refractivity contribution in [3.63, 3.8) is 0 Å². The van der Waals surface area contributed by atoms with Crippen molar-refractivity contribution in [2.75, 3.05) is 5.84 Å². The van der Waals surface area contributed by atoms with Crippen LogP contribution in [0.2, 0.25) is 5.02 Å². The predicted octanol–water partition coefficient (Wildman–Crippen LogP) is 2.15. The average Bonchev–Trinajstić information content (AvgIpc) is 2.95. The summed E-state index contributed by atoms with van der Waals surface area (Å²) in [5, 5.41) is 7.94. The third-order valence-electron chi connectivity index (χ3n) is 3.00. The maximum absolute atomic E-state index is 12.2. The number of benzene rings is 1. The quantitative estimate of drug-likeness (QED) is 0.441. The van der Waals surface area contributed by atoms with Crippen LogP contribution in [-0.2, 0) is 6.54 Å². The molecular weight excluding hydrogens is 298 g/mol. The molecule has 20 heavy (non-hydrogen) atoms. The molecule has 0 aliphatic heterocycles. The summed E-state index contributed by atoms with van der Waals surface area (Å²) in [5.74, 6) is 5.51. The van der Waals surface area contributed by atoms with Gasteiger partial charge in [0.05, 0.1) is 6.54 Å². The molecule has 2 heterocycles. The van der Waals surface area contributed by atoms with Crippen LogP contribution in [0.25, 0.3) is 10.9 Å². The third kappa shape index (κ3) is 2.10. The van der Waals surface area contributed by atoms with Crippen molar-refractivity contribution in [2.45, 2.75) is 6.54 Å². The van der Waals surface area contributed by atoms with Crippen LogP contribution in [-0.4, -0.2) is 25.2 Å². The highest BCUT2D eigenvalue weighted by molar-refractivity contribution is 7.71. The van der Waals surface area contributed by atoms with Crippen molar-refractivity contribution in [1.29, 1.82) is 0 Å². The van der Waals surface area contributed by atoms with Crippen molar-refractivity contribution >= 4 is 40.5 Å². The molecule has 0 aliphatic rings. The lowest BCUT2D eigenvalue weighted by molar-refractivity contribution is 0.0960. The number of nitrogens with two attached hydrogens (primary N) is 1. The first-order chi connectivity index (χ1) is 9.56. The summed E-state index contributed by atoms with van der Waals surface area (Å²) in [6.07, 6.45) is 1.82. The fourth-order valence-electron chi connectivity index (χ4n) is 2.04. The molecule has 2 aromatic heterocycles. The summed E-state index contributed by atoms with van der Waals surface area (Å²) in [5.41, 5.74) is 0.917. The van der Waals surface area contributed by atoms with Gasteiger partial charge in [0.25, 0.3) is 0 Å². The molecule has 0 spiro atoms. The van der Waals surface area contributed by atoms with Gasteiger partial charge in [0.1, 0.15) is 0 Å². The summed E-state index contributed by atoms with van der Waals surface area (Å²) in [4.78, 5) is 12.2. The summed E-state index contributed by atoms with van der Waals surface area (Å²) in [6, 6.07) is 7.39. The number of carbonyl (C=O) groups is 1. The minimum absolute atomic E-state index is 0.103. The highest BCUT2D eigenvalue weighted by Crippen LogP contribution is 2.20. The number of H-pyrrole nitrogens is 1. The third-order valence-corrected chi connectivity index (χ3v) is 3.52. The number of rotatable bonds is 3. The maximum Gasteiger partial charge on any atom is 0.221 e. The van der Waals surface area contributed by atoms with E-state index in [1.54, 1.807) is 6.07 Å². The molecule has 0 aliphatic carbocycles. The fraction of sp³-hybridized carbons (Fsp3) is 0.0833. The van der Waals surface area contributed by atoms with E-state index in [1.165, 1.54) is 0 Å². The number of nitrogens with one attached hydrogen (secondary N) is 1. The number of halogens is 1. The van der Waals surface area contributed by atoms with Crippen LogP contribution < -0.4 is 5.84 Å². The number of hydrogen-bond acceptors (Lipinski definition) is 4. The minimum atomic E-state index is -0.229. The Hall–Kier alpha value is -2.12. The molecule has 0 radical (unpaired) electrons. The van der Waals surface area contributed by atoms with Gasteiger partial charge >= 0.3 is 0 Å².